The predicted molar refractivity (Wildman–Crippen MR) is 75.2 cm³/mol. The molecule has 94 valence electrons. The standard InChI is InChI=1S/C13H26N2S/c1-6-11-7-8-16-12(15-11)14-9-13(4,5)10(2)3/h10-11H,6-9H2,1-5H3,(H,14,15). The van der Waals surface area contributed by atoms with Crippen LogP contribution in [-0.2, 0) is 0 Å². The molecule has 2 nitrogen and oxygen atoms in total. The molecular weight excluding hydrogens is 216 g/mol. The second kappa shape index (κ2) is 5.95. The quantitative estimate of drug-likeness (QED) is 0.815. The van der Waals surface area contributed by atoms with Crippen LogP contribution in [0.2, 0.25) is 0 Å². The van der Waals surface area contributed by atoms with Gasteiger partial charge in [-0.1, -0.05) is 46.4 Å². The molecule has 1 aliphatic rings. The molecule has 0 saturated carbocycles. The van der Waals surface area contributed by atoms with Crippen molar-refractivity contribution in [2.45, 2.75) is 53.5 Å². The fraction of sp³-hybridized carbons (Fsp3) is 0.923. The highest BCUT2D eigenvalue weighted by atomic mass is 32.2. The van der Waals surface area contributed by atoms with Crippen molar-refractivity contribution in [2.24, 2.45) is 16.3 Å². The zero-order chi connectivity index (χ0) is 12.2. The largest absolute Gasteiger partial charge is 0.362 e. The minimum absolute atomic E-state index is 0.300. The van der Waals surface area contributed by atoms with Crippen LogP contribution in [0.25, 0.3) is 0 Å². The average Bonchev–Trinajstić information content (AvgIpc) is 2.26. The van der Waals surface area contributed by atoms with Gasteiger partial charge in [0.25, 0.3) is 0 Å². The minimum atomic E-state index is 0.300. The van der Waals surface area contributed by atoms with E-state index in [1.54, 1.807) is 0 Å². The molecule has 3 heteroatoms. The lowest BCUT2D eigenvalue weighted by molar-refractivity contribution is 0.262. The molecule has 1 heterocycles. The van der Waals surface area contributed by atoms with Crippen LogP contribution in [0, 0.1) is 11.3 Å². The fourth-order valence-electron chi connectivity index (χ4n) is 1.44. The van der Waals surface area contributed by atoms with Crippen molar-refractivity contribution < 1.29 is 0 Å². The fourth-order valence-corrected chi connectivity index (χ4v) is 2.44. The molecule has 0 aromatic rings. The Balaban J connectivity index is 2.50. The summed E-state index contributed by atoms with van der Waals surface area (Å²) in [4.78, 5) is 4.74. The third-order valence-electron chi connectivity index (χ3n) is 3.72. The Morgan fingerprint density at radius 2 is 2.19 bits per heavy atom. The van der Waals surface area contributed by atoms with Crippen molar-refractivity contribution in [1.29, 1.82) is 0 Å². The number of rotatable bonds is 4. The Labute approximate surface area is 105 Å². The molecule has 0 bridgehead atoms. The van der Waals surface area contributed by atoms with Gasteiger partial charge in [-0.25, -0.2) is 0 Å². The maximum atomic E-state index is 4.74. The summed E-state index contributed by atoms with van der Waals surface area (Å²) in [6.07, 6.45) is 2.47. The van der Waals surface area contributed by atoms with Crippen LogP contribution in [0.3, 0.4) is 0 Å². The third-order valence-corrected chi connectivity index (χ3v) is 4.68. The van der Waals surface area contributed by atoms with Crippen molar-refractivity contribution in [3.8, 4) is 0 Å². The van der Waals surface area contributed by atoms with E-state index in [0.29, 0.717) is 17.4 Å². The summed E-state index contributed by atoms with van der Waals surface area (Å²) < 4.78 is 0. The number of nitrogens with one attached hydrogen (secondary N) is 1. The second-order valence-corrected chi connectivity index (χ2v) is 6.73. The molecular formula is C13H26N2S. The molecule has 1 unspecified atom stereocenters. The molecule has 0 radical (unpaired) electrons. The summed E-state index contributed by atoms with van der Waals surface area (Å²) in [7, 11) is 0. The van der Waals surface area contributed by atoms with Crippen LogP contribution in [-0.4, -0.2) is 23.5 Å². The van der Waals surface area contributed by atoms with Crippen LogP contribution < -0.4 is 5.32 Å². The lowest BCUT2D eigenvalue weighted by Gasteiger charge is -2.29. The summed E-state index contributed by atoms with van der Waals surface area (Å²) in [5, 5.41) is 4.69. The number of nitrogens with zero attached hydrogens (tertiary/aromatic N) is 1. The van der Waals surface area contributed by atoms with Crippen molar-refractivity contribution in [3.05, 3.63) is 0 Å². The van der Waals surface area contributed by atoms with Crippen LogP contribution in [0.4, 0.5) is 0 Å². The molecule has 16 heavy (non-hydrogen) atoms. The maximum Gasteiger partial charge on any atom is 0.156 e. The third kappa shape index (κ3) is 4.00. The van der Waals surface area contributed by atoms with Gasteiger partial charge in [0.05, 0.1) is 0 Å². The van der Waals surface area contributed by atoms with Gasteiger partial charge in [-0.2, -0.15) is 0 Å². The van der Waals surface area contributed by atoms with E-state index in [1.807, 2.05) is 11.8 Å². The summed E-state index contributed by atoms with van der Waals surface area (Å²) >= 11 is 1.87. The van der Waals surface area contributed by atoms with E-state index in [1.165, 1.54) is 18.6 Å². The van der Waals surface area contributed by atoms with Crippen LogP contribution in [0.1, 0.15) is 47.5 Å². The van der Waals surface area contributed by atoms with Crippen LogP contribution in [0.15, 0.2) is 4.99 Å². The van der Waals surface area contributed by atoms with E-state index in [-0.39, 0.29) is 0 Å². The highest BCUT2D eigenvalue weighted by Gasteiger charge is 2.23. The Morgan fingerprint density at radius 3 is 2.75 bits per heavy atom. The maximum absolute atomic E-state index is 4.74. The molecule has 0 aromatic carbocycles. The van der Waals surface area contributed by atoms with E-state index in [9.17, 15) is 0 Å². The van der Waals surface area contributed by atoms with Gasteiger partial charge in [-0.05, 0) is 24.2 Å². The zero-order valence-electron chi connectivity index (χ0n) is 11.3. The Morgan fingerprint density at radius 1 is 1.50 bits per heavy atom. The molecule has 1 fully saturated rings. The molecule has 1 rings (SSSR count). The lowest BCUT2D eigenvalue weighted by Crippen LogP contribution is -2.38. The number of thioether (sulfide) groups is 1. The summed E-state index contributed by atoms with van der Waals surface area (Å²) in [6, 6.07) is 0.641. The van der Waals surface area contributed by atoms with Crippen LogP contribution in [0.5, 0.6) is 0 Å². The van der Waals surface area contributed by atoms with Gasteiger partial charge in [-0.3, -0.25) is 4.99 Å². The molecule has 0 aliphatic carbocycles. The van der Waals surface area contributed by atoms with Gasteiger partial charge in [0, 0.05) is 18.3 Å². The first-order valence-electron chi connectivity index (χ1n) is 6.39. The molecule has 0 spiro atoms. The Hall–Kier alpha value is -0.180. The molecule has 1 atom stereocenters. The number of amidine groups is 1. The van der Waals surface area contributed by atoms with Gasteiger partial charge >= 0.3 is 0 Å². The SMILES string of the molecule is CCC1CCSC(=NCC(C)(C)C(C)C)N1. The normalized spacial score (nSPS) is 24.9. The van der Waals surface area contributed by atoms with Gasteiger partial charge < -0.3 is 5.32 Å². The van der Waals surface area contributed by atoms with E-state index < -0.39 is 0 Å². The summed E-state index contributed by atoms with van der Waals surface area (Å²) in [6.45, 7) is 12.3. The lowest BCUT2D eigenvalue weighted by atomic mass is 9.81. The topological polar surface area (TPSA) is 24.4 Å². The highest BCUT2D eigenvalue weighted by molar-refractivity contribution is 8.13. The molecule has 0 aromatic heterocycles. The highest BCUT2D eigenvalue weighted by Crippen LogP contribution is 2.27. The summed E-state index contributed by atoms with van der Waals surface area (Å²) in [5.41, 5.74) is 0.300. The van der Waals surface area contributed by atoms with Crippen molar-refractivity contribution >= 4 is 16.9 Å². The van der Waals surface area contributed by atoms with E-state index >= 15 is 0 Å². The number of hydrogen-bond donors (Lipinski definition) is 1. The Bertz CT molecular complexity index is 246. The van der Waals surface area contributed by atoms with Gasteiger partial charge in [0.15, 0.2) is 5.17 Å². The smallest absolute Gasteiger partial charge is 0.156 e. The monoisotopic (exact) mass is 242 g/mol. The minimum Gasteiger partial charge on any atom is -0.362 e. The number of hydrogen-bond acceptors (Lipinski definition) is 2. The predicted octanol–water partition coefficient (Wildman–Crippen LogP) is 3.53. The molecule has 1 N–H and O–H groups in total. The second-order valence-electron chi connectivity index (χ2n) is 5.65. The van der Waals surface area contributed by atoms with Crippen molar-refractivity contribution in [2.75, 3.05) is 12.3 Å². The molecule has 1 saturated heterocycles. The number of aliphatic imine (C=N–C) groups is 1. The first-order chi connectivity index (χ1) is 7.45. The Kier molecular flexibility index (Phi) is 5.16. The zero-order valence-corrected chi connectivity index (χ0v) is 12.2. The van der Waals surface area contributed by atoms with E-state index in [4.69, 9.17) is 4.99 Å². The van der Waals surface area contributed by atoms with Crippen molar-refractivity contribution in [1.82, 2.24) is 5.32 Å². The average molecular weight is 242 g/mol. The van der Waals surface area contributed by atoms with Gasteiger partial charge in [0.1, 0.15) is 0 Å². The first kappa shape index (κ1) is 13.9. The van der Waals surface area contributed by atoms with E-state index in [0.717, 1.165) is 11.7 Å². The molecule has 1 aliphatic heterocycles. The van der Waals surface area contributed by atoms with Crippen LogP contribution >= 0.6 is 11.8 Å². The van der Waals surface area contributed by atoms with E-state index in [2.05, 4.69) is 39.9 Å². The van der Waals surface area contributed by atoms with Gasteiger partial charge in [0.2, 0.25) is 0 Å². The summed E-state index contributed by atoms with van der Waals surface area (Å²) in [5.74, 6) is 1.89. The van der Waals surface area contributed by atoms with Gasteiger partial charge in [-0.15, -0.1) is 0 Å². The van der Waals surface area contributed by atoms with Crippen molar-refractivity contribution in [3.63, 3.8) is 0 Å². The first-order valence-corrected chi connectivity index (χ1v) is 7.38. The molecule has 0 amide bonds.